The van der Waals surface area contributed by atoms with Crippen LogP contribution in [0.5, 0.6) is 0 Å². The van der Waals surface area contributed by atoms with Crippen molar-refractivity contribution in [3.8, 4) is 0 Å². The number of rotatable bonds is 9. The lowest BCUT2D eigenvalue weighted by Gasteiger charge is -2.31. The number of nitro benzene ring substituents is 1. The highest BCUT2D eigenvalue weighted by atomic mass is 16.6. The van der Waals surface area contributed by atoms with Gasteiger partial charge in [0.05, 0.1) is 23.0 Å². The molecular weight excluding hydrogens is 444 g/mol. The Morgan fingerprint density at radius 1 is 1.18 bits per heavy atom. The average Bonchev–Trinajstić information content (AvgIpc) is 2.76. The molecule has 0 aliphatic carbocycles. The van der Waals surface area contributed by atoms with E-state index >= 15 is 0 Å². The smallest absolute Gasteiger partial charge is 0.370 e. The number of carbonyl (C=O) groups is 3. The number of amides is 3. The van der Waals surface area contributed by atoms with Gasteiger partial charge in [0.2, 0.25) is 11.8 Å². The van der Waals surface area contributed by atoms with Gasteiger partial charge in [-0.1, -0.05) is 17.0 Å². The fourth-order valence-corrected chi connectivity index (χ4v) is 3.59. The molecule has 1 fully saturated rings. The van der Waals surface area contributed by atoms with Crippen molar-refractivity contribution < 1.29 is 28.8 Å². The van der Waals surface area contributed by atoms with Crippen LogP contribution in [0.2, 0.25) is 0 Å². The minimum absolute atomic E-state index is 0.117. The van der Waals surface area contributed by atoms with Crippen molar-refractivity contribution in [3.63, 3.8) is 0 Å². The number of ether oxygens (including phenoxy) is 2. The lowest BCUT2D eigenvalue weighted by molar-refractivity contribution is -0.384. The largest absolute Gasteiger partial charge is 0.386 e. The predicted molar refractivity (Wildman–Crippen MR) is 124 cm³/mol. The first-order chi connectivity index (χ1) is 15.9. The topological polar surface area (TPSA) is 143 Å². The van der Waals surface area contributed by atoms with E-state index in [2.05, 4.69) is 10.6 Å². The quantitative estimate of drug-likeness (QED) is 0.306. The summed E-state index contributed by atoms with van der Waals surface area (Å²) in [6, 6.07) is 3.86. The summed E-state index contributed by atoms with van der Waals surface area (Å²) in [6.07, 6.45) is -0.744. The van der Waals surface area contributed by atoms with Gasteiger partial charge in [0.1, 0.15) is 19.3 Å². The fraction of sp³-hybridized carbons (Fsp3) is 0.609. The number of morpholine rings is 1. The van der Waals surface area contributed by atoms with E-state index in [0.717, 1.165) is 0 Å². The van der Waals surface area contributed by atoms with Gasteiger partial charge in [0, 0.05) is 12.1 Å². The van der Waals surface area contributed by atoms with Crippen LogP contribution in [0.4, 0.5) is 5.69 Å². The normalized spacial score (nSPS) is 17.3. The molecular formula is C23H34N4O7+. The van der Waals surface area contributed by atoms with Crippen molar-refractivity contribution in [1.29, 1.82) is 0 Å². The van der Waals surface area contributed by atoms with E-state index in [4.69, 9.17) is 9.47 Å². The number of hydrogen-bond acceptors (Lipinski definition) is 7. The number of hydrogen-bond donors (Lipinski definition) is 2. The van der Waals surface area contributed by atoms with Gasteiger partial charge < -0.3 is 20.1 Å². The molecule has 1 heterocycles. The summed E-state index contributed by atoms with van der Waals surface area (Å²) in [5.74, 6) is -1.29. The lowest BCUT2D eigenvalue weighted by atomic mass is 10.1. The van der Waals surface area contributed by atoms with Gasteiger partial charge in [-0.25, -0.2) is 4.79 Å². The molecule has 1 saturated heterocycles. The molecule has 1 aliphatic heterocycles. The van der Waals surface area contributed by atoms with E-state index in [1.807, 2.05) is 20.8 Å². The van der Waals surface area contributed by atoms with Crippen LogP contribution in [-0.4, -0.2) is 72.7 Å². The Balaban J connectivity index is 2.04. The minimum atomic E-state index is -0.944. The Bertz CT molecular complexity index is 894. The van der Waals surface area contributed by atoms with Gasteiger partial charge in [-0.3, -0.25) is 19.7 Å². The Morgan fingerprint density at radius 3 is 2.41 bits per heavy atom. The van der Waals surface area contributed by atoms with E-state index < -0.39 is 40.5 Å². The summed E-state index contributed by atoms with van der Waals surface area (Å²) in [5, 5.41) is 16.2. The van der Waals surface area contributed by atoms with Crippen LogP contribution in [0.1, 0.15) is 40.2 Å². The molecule has 11 nitrogen and oxygen atoms in total. The second-order valence-corrected chi connectivity index (χ2v) is 9.25. The second kappa shape index (κ2) is 12.0. The van der Waals surface area contributed by atoms with Crippen LogP contribution in [0.25, 0.3) is 0 Å². The summed E-state index contributed by atoms with van der Waals surface area (Å²) in [5.41, 5.74) is -0.202. The number of nitrogens with one attached hydrogen (secondary N) is 2. The van der Waals surface area contributed by atoms with Crippen LogP contribution in [0.3, 0.4) is 0 Å². The van der Waals surface area contributed by atoms with Crippen molar-refractivity contribution in [2.24, 2.45) is 0 Å². The van der Waals surface area contributed by atoms with Gasteiger partial charge in [0.25, 0.3) is 5.69 Å². The SMILES string of the molecule is C[C@H](NC(=O)Cc1cccc([N+](=O)[O-])c1)C(=O)NC(C(=O)[N+]1CCOCC1)[C@H](C)OC(C)(C)C. The molecule has 0 aromatic heterocycles. The van der Waals surface area contributed by atoms with Crippen LogP contribution < -0.4 is 15.5 Å². The Morgan fingerprint density at radius 2 is 1.82 bits per heavy atom. The third-order valence-corrected chi connectivity index (χ3v) is 5.15. The van der Waals surface area contributed by atoms with E-state index in [1.165, 1.54) is 25.1 Å². The maximum Gasteiger partial charge on any atom is 0.386 e. The summed E-state index contributed by atoms with van der Waals surface area (Å²) >= 11 is 0. The maximum atomic E-state index is 13.2. The summed E-state index contributed by atoms with van der Waals surface area (Å²) < 4.78 is 11.3. The molecule has 1 radical (unpaired) electrons. The third-order valence-electron chi connectivity index (χ3n) is 5.15. The molecule has 0 saturated carbocycles. The monoisotopic (exact) mass is 478 g/mol. The minimum Gasteiger partial charge on any atom is -0.370 e. The summed E-state index contributed by atoms with van der Waals surface area (Å²) in [7, 11) is 0. The van der Waals surface area contributed by atoms with Crippen LogP contribution in [0.15, 0.2) is 24.3 Å². The van der Waals surface area contributed by atoms with Gasteiger partial charge >= 0.3 is 5.91 Å². The Labute approximate surface area is 199 Å². The standard InChI is InChI=1S/C23H34N4O7/c1-15(24-19(28)14-17-7-6-8-18(13-17)27(31)32)21(29)25-20(16(2)34-23(3,4)5)22(30)26-9-11-33-12-10-26/h6-8,13,15-16,20H,9-12,14H2,1-5H3,(H,24,28)(H,25,29)/q+1/t15-,16-,20?/m0/s1. The molecule has 187 valence electrons. The van der Waals surface area contributed by atoms with Gasteiger partial charge in [-0.15, -0.1) is 0 Å². The molecule has 2 rings (SSSR count). The zero-order valence-corrected chi connectivity index (χ0v) is 20.3. The number of nitro groups is 1. The van der Waals surface area contributed by atoms with Crippen molar-refractivity contribution in [3.05, 3.63) is 39.9 Å². The van der Waals surface area contributed by atoms with Crippen LogP contribution in [0, 0.1) is 10.1 Å². The van der Waals surface area contributed by atoms with Crippen molar-refractivity contribution >= 4 is 23.4 Å². The van der Waals surface area contributed by atoms with Crippen molar-refractivity contribution in [1.82, 2.24) is 15.5 Å². The summed E-state index contributed by atoms with van der Waals surface area (Å²) in [6.45, 7) is 10.5. The molecule has 2 N–H and O–H groups in total. The number of nitrogens with zero attached hydrogens (tertiary/aromatic N) is 2. The van der Waals surface area contributed by atoms with Crippen LogP contribution >= 0.6 is 0 Å². The average molecular weight is 479 g/mol. The molecule has 1 unspecified atom stereocenters. The number of carbonyl (C=O) groups excluding carboxylic acids is 3. The first-order valence-electron chi connectivity index (χ1n) is 11.2. The zero-order valence-electron chi connectivity index (χ0n) is 20.3. The van der Waals surface area contributed by atoms with E-state index in [1.54, 1.807) is 17.9 Å². The highest BCUT2D eigenvalue weighted by Gasteiger charge is 2.41. The molecule has 1 aromatic carbocycles. The molecule has 1 aromatic rings. The van der Waals surface area contributed by atoms with E-state index in [-0.39, 0.29) is 18.0 Å². The molecule has 34 heavy (non-hydrogen) atoms. The van der Waals surface area contributed by atoms with Crippen LogP contribution in [-0.2, 0) is 30.3 Å². The number of benzene rings is 1. The predicted octanol–water partition coefficient (Wildman–Crippen LogP) is 1.03. The highest BCUT2D eigenvalue weighted by Crippen LogP contribution is 2.15. The molecule has 1 aliphatic rings. The first-order valence-corrected chi connectivity index (χ1v) is 11.2. The molecule has 0 bridgehead atoms. The lowest BCUT2D eigenvalue weighted by Crippen LogP contribution is -2.61. The maximum absolute atomic E-state index is 13.2. The molecule has 11 heteroatoms. The van der Waals surface area contributed by atoms with Crippen molar-refractivity contribution in [2.45, 2.75) is 64.8 Å². The van der Waals surface area contributed by atoms with Gasteiger partial charge in [-0.2, -0.15) is 0 Å². The van der Waals surface area contributed by atoms with E-state index in [9.17, 15) is 24.5 Å². The van der Waals surface area contributed by atoms with E-state index in [0.29, 0.717) is 31.9 Å². The van der Waals surface area contributed by atoms with Gasteiger partial charge in [0.15, 0.2) is 19.1 Å². The molecule has 3 amide bonds. The Hall–Kier alpha value is -2.89. The van der Waals surface area contributed by atoms with Gasteiger partial charge in [-0.05, 0) is 40.2 Å². The first kappa shape index (κ1) is 27.4. The fourth-order valence-electron chi connectivity index (χ4n) is 3.59. The molecule has 0 spiro atoms. The zero-order chi connectivity index (χ0) is 25.5. The third kappa shape index (κ3) is 8.47. The summed E-state index contributed by atoms with van der Waals surface area (Å²) in [4.78, 5) is 50.5. The molecule has 3 atom stereocenters. The number of non-ortho nitro benzene ring substituents is 1. The second-order valence-electron chi connectivity index (χ2n) is 9.25. The van der Waals surface area contributed by atoms with Crippen molar-refractivity contribution in [2.75, 3.05) is 26.3 Å². The Kier molecular flexibility index (Phi) is 9.66. The highest BCUT2D eigenvalue weighted by molar-refractivity contribution is 5.93.